The van der Waals surface area contributed by atoms with Crippen LogP contribution < -0.4 is 20.1 Å². The van der Waals surface area contributed by atoms with Gasteiger partial charge in [0.25, 0.3) is 0 Å². The van der Waals surface area contributed by atoms with Crippen LogP contribution in [-0.4, -0.2) is 44.3 Å². The van der Waals surface area contributed by atoms with Gasteiger partial charge in [0.15, 0.2) is 0 Å². The molecule has 0 spiro atoms. The van der Waals surface area contributed by atoms with Crippen LogP contribution in [0.25, 0.3) is 0 Å². The predicted octanol–water partition coefficient (Wildman–Crippen LogP) is 3.56. The quantitative estimate of drug-likeness (QED) is 0.715. The monoisotopic (exact) mass is 397 g/mol. The third kappa shape index (κ3) is 6.12. The van der Waals surface area contributed by atoms with Gasteiger partial charge in [-0.05, 0) is 37.1 Å². The summed E-state index contributed by atoms with van der Waals surface area (Å²) in [6.07, 6.45) is 3.54. The van der Waals surface area contributed by atoms with Gasteiger partial charge in [-0.25, -0.2) is 4.79 Å². The second-order valence-corrected chi connectivity index (χ2v) is 7.35. The summed E-state index contributed by atoms with van der Waals surface area (Å²) in [6, 6.07) is 16.3. The first-order valence-electron chi connectivity index (χ1n) is 10.2. The lowest BCUT2D eigenvalue weighted by atomic mass is 10.0. The Morgan fingerprint density at radius 3 is 2.66 bits per heavy atom. The van der Waals surface area contributed by atoms with Crippen molar-refractivity contribution >= 4 is 6.03 Å². The molecule has 0 saturated carbocycles. The lowest BCUT2D eigenvalue weighted by Gasteiger charge is -2.35. The molecule has 2 N–H and O–H groups in total. The average molecular weight is 398 g/mol. The van der Waals surface area contributed by atoms with E-state index in [4.69, 9.17) is 9.47 Å². The maximum absolute atomic E-state index is 12.3. The van der Waals surface area contributed by atoms with E-state index in [1.165, 1.54) is 18.4 Å². The predicted molar refractivity (Wildman–Crippen MR) is 114 cm³/mol. The third-order valence-electron chi connectivity index (χ3n) is 5.41. The molecule has 2 amide bonds. The number of nitrogens with one attached hydrogen (secondary N) is 2. The largest absolute Gasteiger partial charge is 0.497 e. The minimum absolute atomic E-state index is 0.159. The number of piperidine rings is 1. The van der Waals surface area contributed by atoms with Crippen LogP contribution in [0, 0.1) is 0 Å². The molecule has 0 aromatic heterocycles. The van der Waals surface area contributed by atoms with Crippen LogP contribution in [0.5, 0.6) is 11.5 Å². The third-order valence-corrected chi connectivity index (χ3v) is 5.41. The number of urea groups is 1. The van der Waals surface area contributed by atoms with E-state index in [2.05, 4.69) is 39.8 Å². The molecule has 0 aliphatic carbocycles. The molecule has 1 saturated heterocycles. The van der Waals surface area contributed by atoms with Crippen LogP contribution in [0.15, 0.2) is 48.5 Å². The van der Waals surface area contributed by atoms with Crippen molar-refractivity contribution in [3.8, 4) is 11.5 Å². The first-order valence-corrected chi connectivity index (χ1v) is 10.2. The smallest absolute Gasteiger partial charge is 0.315 e. The Labute approximate surface area is 173 Å². The molecular formula is C23H31N3O3. The van der Waals surface area contributed by atoms with E-state index >= 15 is 0 Å². The Bertz CT molecular complexity index is 782. The molecule has 6 nitrogen and oxygen atoms in total. The second kappa shape index (κ2) is 10.7. The zero-order chi connectivity index (χ0) is 20.5. The number of carbonyl (C=O) groups excluding carboxylic acids is 1. The number of hydrogen-bond donors (Lipinski definition) is 2. The minimum Gasteiger partial charge on any atom is -0.497 e. The number of ether oxygens (including phenoxy) is 2. The summed E-state index contributed by atoms with van der Waals surface area (Å²) in [6.45, 7) is 3.06. The maximum atomic E-state index is 12.3. The number of rotatable bonds is 8. The fourth-order valence-electron chi connectivity index (χ4n) is 3.76. The molecule has 0 bridgehead atoms. The Morgan fingerprint density at radius 1 is 1.07 bits per heavy atom. The second-order valence-electron chi connectivity index (χ2n) is 7.35. The molecule has 1 aliphatic heterocycles. The number of likely N-dealkylation sites (tertiary alicyclic amines) is 1. The SMILES string of the molecule is COc1ccc(CNC(=O)NCC2CCCCN2Cc2ccccc2)c(OC)c1. The number of amides is 2. The summed E-state index contributed by atoms with van der Waals surface area (Å²) in [7, 11) is 3.23. The van der Waals surface area contributed by atoms with Gasteiger partial charge in [0.1, 0.15) is 11.5 Å². The Kier molecular flexibility index (Phi) is 7.76. The fourth-order valence-corrected chi connectivity index (χ4v) is 3.76. The summed E-state index contributed by atoms with van der Waals surface area (Å²) in [5.74, 6) is 1.43. The van der Waals surface area contributed by atoms with Crippen molar-refractivity contribution in [3.05, 3.63) is 59.7 Å². The van der Waals surface area contributed by atoms with E-state index in [1.807, 2.05) is 24.3 Å². The summed E-state index contributed by atoms with van der Waals surface area (Å²) in [4.78, 5) is 14.8. The van der Waals surface area contributed by atoms with E-state index < -0.39 is 0 Å². The topological polar surface area (TPSA) is 62.8 Å². The molecule has 0 radical (unpaired) electrons. The number of benzene rings is 2. The minimum atomic E-state index is -0.159. The molecule has 6 heteroatoms. The number of hydrogen-bond acceptors (Lipinski definition) is 4. The van der Waals surface area contributed by atoms with Gasteiger partial charge in [-0.3, -0.25) is 4.90 Å². The lowest BCUT2D eigenvalue weighted by molar-refractivity contribution is 0.138. The van der Waals surface area contributed by atoms with Crippen LogP contribution in [0.1, 0.15) is 30.4 Å². The zero-order valence-electron chi connectivity index (χ0n) is 17.3. The van der Waals surface area contributed by atoms with E-state index in [-0.39, 0.29) is 6.03 Å². The van der Waals surface area contributed by atoms with E-state index in [1.54, 1.807) is 14.2 Å². The highest BCUT2D eigenvalue weighted by molar-refractivity contribution is 5.74. The van der Waals surface area contributed by atoms with Gasteiger partial charge in [0.2, 0.25) is 0 Å². The van der Waals surface area contributed by atoms with Gasteiger partial charge in [0, 0.05) is 37.3 Å². The van der Waals surface area contributed by atoms with Gasteiger partial charge in [-0.2, -0.15) is 0 Å². The molecule has 1 aliphatic rings. The normalized spacial score (nSPS) is 16.8. The van der Waals surface area contributed by atoms with Crippen molar-refractivity contribution in [1.29, 1.82) is 0 Å². The zero-order valence-corrected chi connectivity index (χ0v) is 17.3. The van der Waals surface area contributed by atoms with Crippen molar-refractivity contribution < 1.29 is 14.3 Å². The molecule has 1 atom stereocenters. The van der Waals surface area contributed by atoms with Gasteiger partial charge in [-0.1, -0.05) is 36.8 Å². The van der Waals surface area contributed by atoms with Crippen LogP contribution in [0.4, 0.5) is 4.79 Å². The molecule has 1 heterocycles. The Morgan fingerprint density at radius 2 is 1.90 bits per heavy atom. The van der Waals surface area contributed by atoms with Crippen molar-refractivity contribution in [2.75, 3.05) is 27.3 Å². The van der Waals surface area contributed by atoms with E-state index in [9.17, 15) is 4.79 Å². The summed E-state index contributed by atoms with van der Waals surface area (Å²) in [5, 5.41) is 5.97. The maximum Gasteiger partial charge on any atom is 0.315 e. The van der Waals surface area contributed by atoms with E-state index in [0.717, 1.165) is 30.8 Å². The summed E-state index contributed by atoms with van der Waals surface area (Å²) < 4.78 is 10.6. The standard InChI is InChI=1S/C23H31N3O3/c1-28-21-12-11-19(22(14-21)29-2)15-24-23(27)25-16-20-10-6-7-13-26(20)17-18-8-4-3-5-9-18/h3-5,8-9,11-12,14,20H,6-7,10,13,15-17H2,1-2H3,(H2,24,25,27). The van der Waals surface area contributed by atoms with Crippen LogP contribution >= 0.6 is 0 Å². The molecule has 1 fully saturated rings. The lowest BCUT2D eigenvalue weighted by Crippen LogP contribution is -2.48. The molecule has 29 heavy (non-hydrogen) atoms. The fraction of sp³-hybridized carbons (Fsp3) is 0.435. The summed E-state index contributed by atoms with van der Waals surface area (Å²) >= 11 is 0. The summed E-state index contributed by atoms with van der Waals surface area (Å²) in [5.41, 5.74) is 2.22. The average Bonchev–Trinajstić information content (AvgIpc) is 2.77. The first kappa shape index (κ1) is 21.0. The van der Waals surface area contributed by atoms with Crippen molar-refractivity contribution in [1.82, 2.24) is 15.5 Å². The highest BCUT2D eigenvalue weighted by atomic mass is 16.5. The van der Waals surface area contributed by atoms with Crippen LogP contribution in [-0.2, 0) is 13.1 Å². The molecule has 2 aromatic rings. The Hall–Kier alpha value is -2.73. The molecule has 156 valence electrons. The van der Waals surface area contributed by atoms with Gasteiger partial charge >= 0.3 is 6.03 Å². The van der Waals surface area contributed by atoms with Gasteiger partial charge < -0.3 is 20.1 Å². The molecule has 1 unspecified atom stereocenters. The number of carbonyl (C=O) groups is 1. The van der Waals surface area contributed by atoms with Crippen molar-refractivity contribution in [2.45, 2.75) is 38.4 Å². The first-order chi connectivity index (χ1) is 14.2. The van der Waals surface area contributed by atoms with Gasteiger partial charge in [0.05, 0.1) is 14.2 Å². The molecular weight excluding hydrogens is 366 g/mol. The van der Waals surface area contributed by atoms with E-state index in [0.29, 0.717) is 24.9 Å². The van der Waals surface area contributed by atoms with Gasteiger partial charge in [-0.15, -0.1) is 0 Å². The molecule has 2 aromatic carbocycles. The Balaban J connectivity index is 1.49. The van der Waals surface area contributed by atoms with Crippen molar-refractivity contribution in [2.24, 2.45) is 0 Å². The van der Waals surface area contributed by atoms with Crippen molar-refractivity contribution in [3.63, 3.8) is 0 Å². The van der Waals surface area contributed by atoms with Crippen LogP contribution in [0.2, 0.25) is 0 Å². The van der Waals surface area contributed by atoms with Crippen LogP contribution in [0.3, 0.4) is 0 Å². The molecule has 3 rings (SSSR count). The number of nitrogens with zero attached hydrogens (tertiary/aromatic N) is 1. The number of methoxy groups -OCH3 is 2. The highest BCUT2D eigenvalue weighted by Crippen LogP contribution is 2.24. The highest BCUT2D eigenvalue weighted by Gasteiger charge is 2.22.